The monoisotopic (exact) mass is 702 g/mol. The van der Waals surface area contributed by atoms with Crippen LogP contribution in [0.25, 0.3) is 0 Å². The molecule has 1 amide bonds. The highest BCUT2D eigenvalue weighted by molar-refractivity contribution is 7.92. The van der Waals surface area contributed by atoms with Gasteiger partial charge in [0.05, 0.1) is 29.1 Å². The molecule has 1 aliphatic carbocycles. The molecule has 2 aliphatic rings. The number of rotatable bonds is 13. The predicted octanol–water partition coefficient (Wildman–Crippen LogP) is 6.51. The molecule has 3 aromatic rings. The van der Waals surface area contributed by atoms with Crippen LogP contribution in [-0.2, 0) is 45.5 Å². The summed E-state index contributed by atoms with van der Waals surface area (Å²) < 4.78 is 49.4. The molecule has 11 nitrogen and oxygen atoms in total. The summed E-state index contributed by atoms with van der Waals surface area (Å²) in [6, 6.07) is 12.9. The molecule has 14 heteroatoms. The predicted molar refractivity (Wildman–Crippen MR) is 180 cm³/mol. The molecule has 1 saturated carbocycles. The highest BCUT2D eigenvalue weighted by Gasteiger charge is 2.52. The fraction of sp³-hybridized carbons (Fsp3) is 0.485. The van der Waals surface area contributed by atoms with Crippen molar-refractivity contribution in [1.29, 1.82) is 0 Å². The molecular formula is C33H42N2O9S2Si. The number of nitrogens with zero attached hydrogens (tertiary/aromatic N) is 1. The first-order valence-electron chi connectivity index (χ1n) is 15.6. The van der Waals surface area contributed by atoms with Crippen LogP contribution in [-0.4, -0.2) is 63.3 Å². The van der Waals surface area contributed by atoms with Crippen molar-refractivity contribution < 1.29 is 41.7 Å². The number of aromatic nitrogens is 1. The molecule has 0 bridgehead atoms. The molecule has 47 heavy (non-hydrogen) atoms. The first-order valence-corrected chi connectivity index (χ1v) is 20.9. The Hall–Kier alpha value is -3.14. The molecule has 2 N–H and O–H groups in total. The topological polar surface area (TPSA) is 150 Å². The van der Waals surface area contributed by atoms with Gasteiger partial charge in [0, 0.05) is 18.8 Å². The third-order valence-electron chi connectivity index (χ3n) is 8.91. The maximum Gasteiger partial charge on any atom is 0.350 e. The molecular weight excluding hydrogens is 661 g/mol. The van der Waals surface area contributed by atoms with E-state index in [1.807, 2.05) is 18.2 Å². The molecule has 1 aromatic heterocycles. The third kappa shape index (κ3) is 7.95. The molecule has 1 atom stereocenters. The SMILES string of the molecule is CC(C)(C)[Si](C)(C)OCc1cccc(Oc2cnc(NC(=O)C(OC3CCOCC3)(C(=O)O)c3ccc(S(=O)(=O)C4CC4)cc3)s2)c1. The minimum absolute atomic E-state index is 0.00602. The summed E-state index contributed by atoms with van der Waals surface area (Å²) in [5, 5.41) is 13.3. The summed E-state index contributed by atoms with van der Waals surface area (Å²) in [4.78, 5) is 31.3. The lowest BCUT2D eigenvalue weighted by atomic mass is 9.91. The number of thiazole rings is 1. The number of carboxylic acids is 1. The number of carbonyl (C=O) groups excluding carboxylic acids is 1. The van der Waals surface area contributed by atoms with Crippen LogP contribution in [0.2, 0.25) is 18.1 Å². The summed E-state index contributed by atoms with van der Waals surface area (Å²) in [7, 11) is -5.46. The van der Waals surface area contributed by atoms with E-state index in [1.165, 1.54) is 30.5 Å². The number of nitrogens with one attached hydrogen (secondary N) is 1. The van der Waals surface area contributed by atoms with Gasteiger partial charge >= 0.3 is 5.97 Å². The number of carbonyl (C=O) groups is 2. The molecule has 254 valence electrons. The zero-order chi connectivity index (χ0) is 34.0. The molecule has 1 unspecified atom stereocenters. The number of sulfone groups is 1. The molecule has 0 radical (unpaired) electrons. The fourth-order valence-electron chi connectivity index (χ4n) is 4.86. The largest absolute Gasteiger partial charge is 0.478 e. The summed E-state index contributed by atoms with van der Waals surface area (Å²) in [5.74, 6) is -1.95. The summed E-state index contributed by atoms with van der Waals surface area (Å²) in [6.45, 7) is 12.1. The van der Waals surface area contributed by atoms with E-state index < -0.39 is 47.0 Å². The van der Waals surface area contributed by atoms with Crippen LogP contribution < -0.4 is 10.1 Å². The standard InChI is InChI=1S/C33H42N2O9S2Si/c1-32(2,3)47(4,5)42-21-22-7-6-8-25(19-22)43-28-20-34-31(45-28)35-29(36)33(30(37)38,44-24-15-17-41-18-16-24)23-9-11-26(12-10-23)46(39,40)27-13-14-27/h6-12,19-20,24,27H,13-18,21H2,1-5H3,(H,37,38)(H,34,35,36). The van der Waals surface area contributed by atoms with Crippen molar-refractivity contribution in [3.8, 4) is 10.8 Å². The number of hydrogen-bond acceptors (Lipinski definition) is 10. The van der Waals surface area contributed by atoms with E-state index in [0.29, 0.717) is 56.3 Å². The van der Waals surface area contributed by atoms with Crippen molar-refractivity contribution in [3.05, 3.63) is 65.9 Å². The highest BCUT2D eigenvalue weighted by atomic mass is 32.2. The quantitative estimate of drug-likeness (QED) is 0.149. The Bertz CT molecular complexity index is 1690. The summed E-state index contributed by atoms with van der Waals surface area (Å²) in [6.07, 6.45) is 2.84. The second kappa shape index (κ2) is 13.8. The molecule has 2 aromatic carbocycles. The van der Waals surface area contributed by atoms with Gasteiger partial charge in [-0.05, 0) is 73.6 Å². The molecule has 0 spiro atoms. The van der Waals surface area contributed by atoms with Gasteiger partial charge < -0.3 is 23.7 Å². The molecule has 1 aliphatic heterocycles. The molecule has 2 fully saturated rings. The lowest BCUT2D eigenvalue weighted by molar-refractivity contribution is -0.186. The first kappa shape index (κ1) is 35.2. The summed E-state index contributed by atoms with van der Waals surface area (Å²) >= 11 is 1.03. The number of amides is 1. The van der Waals surface area contributed by atoms with Gasteiger partial charge in [0.2, 0.25) is 5.06 Å². The Morgan fingerprint density at radius 3 is 2.36 bits per heavy atom. The maximum atomic E-state index is 13.9. The number of aliphatic carboxylic acids is 1. The van der Waals surface area contributed by atoms with Gasteiger partial charge in [0.1, 0.15) is 5.75 Å². The average molecular weight is 703 g/mol. The smallest absolute Gasteiger partial charge is 0.350 e. The maximum absolute atomic E-state index is 13.9. The minimum atomic E-state index is -3.52. The number of anilines is 1. The number of hydrogen-bond donors (Lipinski definition) is 2. The van der Waals surface area contributed by atoms with E-state index >= 15 is 0 Å². The Morgan fingerprint density at radius 2 is 1.74 bits per heavy atom. The number of ether oxygens (including phenoxy) is 3. The zero-order valence-electron chi connectivity index (χ0n) is 27.3. The van der Waals surface area contributed by atoms with Crippen molar-refractivity contribution in [2.45, 2.75) is 93.0 Å². The lowest BCUT2D eigenvalue weighted by Gasteiger charge is -2.36. The highest BCUT2D eigenvalue weighted by Crippen LogP contribution is 2.39. The number of carboxylic acid groups (broad SMARTS) is 1. The normalized spacial score (nSPS) is 17.6. The van der Waals surface area contributed by atoms with Crippen molar-refractivity contribution in [1.82, 2.24) is 4.98 Å². The Labute approximate surface area is 280 Å². The van der Waals surface area contributed by atoms with Crippen molar-refractivity contribution in [2.24, 2.45) is 0 Å². The molecule has 5 rings (SSSR count). The van der Waals surface area contributed by atoms with Gasteiger partial charge in [-0.1, -0.05) is 56.4 Å². The first-order chi connectivity index (χ1) is 22.1. The van der Waals surface area contributed by atoms with Crippen molar-refractivity contribution in [3.63, 3.8) is 0 Å². The second-order valence-corrected chi connectivity index (χ2v) is 21.5. The zero-order valence-corrected chi connectivity index (χ0v) is 29.9. The Morgan fingerprint density at radius 1 is 1.06 bits per heavy atom. The fourth-order valence-corrected chi connectivity index (χ4v) is 8.16. The van der Waals surface area contributed by atoms with Gasteiger partial charge in [-0.2, -0.15) is 0 Å². The van der Waals surface area contributed by atoms with E-state index in [1.54, 1.807) is 6.07 Å². The van der Waals surface area contributed by atoms with Gasteiger partial charge in [-0.25, -0.2) is 18.2 Å². The third-order valence-corrected chi connectivity index (χ3v) is 16.5. The van der Waals surface area contributed by atoms with Gasteiger partial charge in [-0.15, -0.1) is 0 Å². The van der Waals surface area contributed by atoms with Crippen LogP contribution in [0.4, 0.5) is 5.13 Å². The summed E-state index contributed by atoms with van der Waals surface area (Å²) in [5.41, 5.74) is -1.53. The lowest BCUT2D eigenvalue weighted by Crippen LogP contribution is -2.52. The van der Waals surface area contributed by atoms with Gasteiger partial charge in [0.15, 0.2) is 23.3 Å². The van der Waals surface area contributed by atoms with Crippen LogP contribution in [0.3, 0.4) is 0 Å². The minimum Gasteiger partial charge on any atom is -0.478 e. The van der Waals surface area contributed by atoms with Crippen LogP contribution in [0, 0.1) is 0 Å². The molecule has 1 saturated heterocycles. The number of benzene rings is 2. The average Bonchev–Trinajstić information content (AvgIpc) is 3.80. The van der Waals surface area contributed by atoms with E-state index in [2.05, 4.69) is 44.2 Å². The Kier molecular flexibility index (Phi) is 10.3. The van der Waals surface area contributed by atoms with Crippen LogP contribution in [0.15, 0.2) is 59.6 Å². The van der Waals surface area contributed by atoms with Crippen molar-refractivity contribution >= 4 is 46.5 Å². The van der Waals surface area contributed by atoms with Crippen LogP contribution >= 0.6 is 11.3 Å². The van der Waals surface area contributed by atoms with E-state index in [-0.39, 0.29) is 20.6 Å². The van der Waals surface area contributed by atoms with E-state index in [9.17, 15) is 23.1 Å². The van der Waals surface area contributed by atoms with Crippen molar-refractivity contribution in [2.75, 3.05) is 18.5 Å². The second-order valence-electron chi connectivity index (χ2n) is 13.4. The van der Waals surface area contributed by atoms with E-state index in [4.69, 9.17) is 18.6 Å². The van der Waals surface area contributed by atoms with Gasteiger partial charge in [0.25, 0.3) is 11.5 Å². The molecule has 2 heterocycles. The van der Waals surface area contributed by atoms with E-state index in [0.717, 1.165) is 16.9 Å². The Balaban J connectivity index is 1.35. The van der Waals surface area contributed by atoms with Crippen LogP contribution in [0.5, 0.6) is 10.8 Å². The van der Waals surface area contributed by atoms with Crippen LogP contribution in [0.1, 0.15) is 57.6 Å². The van der Waals surface area contributed by atoms with Gasteiger partial charge in [-0.3, -0.25) is 10.1 Å².